The maximum Gasteiger partial charge on any atom is 0.315 e. The monoisotopic (exact) mass is 501 g/mol. The van der Waals surface area contributed by atoms with Gasteiger partial charge in [0.1, 0.15) is 0 Å². The SMILES string of the molecule is CNC[C@H](CC1CCCCC1)C1C([C@@](O)(CCCCOC)c2cc(C)ccc2C)CCCN1C(N)=O. The molecular weight excluding hydrogens is 450 g/mol. The number of aryl methyl sites for hydroxylation is 2. The van der Waals surface area contributed by atoms with Crippen LogP contribution in [0.1, 0.15) is 87.3 Å². The Kier molecular flexibility index (Phi) is 11.1. The second-order valence-electron chi connectivity index (χ2n) is 11.5. The molecule has 1 aliphatic heterocycles. The molecule has 1 aromatic rings. The first-order valence-corrected chi connectivity index (χ1v) is 14.3. The lowest BCUT2D eigenvalue weighted by Crippen LogP contribution is -2.60. The number of methoxy groups -OCH3 is 1. The van der Waals surface area contributed by atoms with Crippen molar-refractivity contribution < 1.29 is 14.6 Å². The minimum atomic E-state index is -1.03. The molecule has 1 saturated carbocycles. The molecule has 1 saturated heterocycles. The highest BCUT2D eigenvalue weighted by Crippen LogP contribution is 2.47. The van der Waals surface area contributed by atoms with Crippen LogP contribution >= 0.6 is 0 Å². The number of hydrogen-bond donors (Lipinski definition) is 3. The average molecular weight is 502 g/mol. The Morgan fingerprint density at radius 1 is 1.19 bits per heavy atom. The molecule has 3 rings (SSSR count). The summed E-state index contributed by atoms with van der Waals surface area (Å²) in [5, 5.41) is 16.2. The van der Waals surface area contributed by atoms with E-state index in [1.807, 2.05) is 11.9 Å². The summed E-state index contributed by atoms with van der Waals surface area (Å²) in [5.41, 5.74) is 8.29. The van der Waals surface area contributed by atoms with E-state index >= 15 is 0 Å². The van der Waals surface area contributed by atoms with Gasteiger partial charge in [-0.05, 0) is 88.9 Å². The molecule has 2 amide bonds. The number of likely N-dealkylation sites (tertiary alicyclic amines) is 1. The van der Waals surface area contributed by atoms with Crippen LogP contribution in [0, 0.1) is 31.6 Å². The zero-order valence-electron chi connectivity index (χ0n) is 23.2. The van der Waals surface area contributed by atoms with Crippen LogP contribution in [0.2, 0.25) is 0 Å². The summed E-state index contributed by atoms with van der Waals surface area (Å²) in [7, 11) is 3.73. The molecule has 2 aliphatic rings. The number of hydrogen-bond acceptors (Lipinski definition) is 4. The molecule has 0 aromatic heterocycles. The number of piperidine rings is 1. The third-order valence-electron chi connectivity index (χ3n) is 8.91. The minimum absolute atomic E-state index is 0.0660. The second-order valence-corrected chi connectivity index (χ2v) is 11.5. The molecule has 4 N–H and O–H groups in total. The van der Waals surface area contributed by atoms with Gasteiger partial charge >= 0.3 is 6.03 Å². The van der Waals surface area contributed by atoms with Crippen molar-refractivity contribution in [1.29, 1.82) is 0 Å². The summed E-state index contributed by atoms with van der Waals surface area (Å²) in [6, 6.07) is 5.97. The maximum absolute atomic E-state index is 12.8. The number of urea groups is 1. The van der Waals surface area contributed by atoms with Crippen LogP contribution in [0.5, 0.6) is 0 Å². The van der Waals surface area contributed by atoms with Gasteiger partial charge in [-0.1, -0.05) is 55.9 Å². The number of amides is 2. The largest absolute Gasteiger partial charge is 0.385 e. The highest BCUT2D eigenvalue weighted by atomic mass is 16.5. The molecule has 1 aromatic carbocycles. The molecule has 1 heterocycles. The number of rotatable bonds is 12. The van der Waals surface area contributed by atoms with Gasteiger partial charge in [0.25, 0.3) is 0 Å². The number of carbonyl (C=O) groups is 1. The number of unbranched alkanes of at least 4 members (excludes halogenated alkanes) is 1. The Morgan fingerprint density at radius 2 is 1.94 bits per heavy atom. The molecule has 0 bridgehead atoms. The Hall–Kier alpha value is -1.63. The fourth-order valence-corrected chi connectivity index (χ4v) is 7.20. The summed E-state index contributed by atoms with van der Waals surface area (Å²) in [5.74, 6) is 0.875. The molecule has 1 aliphatic carbocycles. The topological polar surface area (TPSA) is 87.8 Å². The smallest absolute Gasteiger partial charge is 0.315 e. The Labute approximate surface area is 219 Å². The fraction of sp³-hybridized carbons (Fsp3) is 0.767. The van der Waals surface area contributed by atoms with Crippen molar-refractivity contribution in [3.63, 3.8) is 0 Å². The lowest BCUT2D eigenvalue weighted by molar-refractivity contribution is -0.0939. The predicted molar refractivity (Wildman–Crippen MR) is 147 cm³/mol. The average Bonchev–Trinajstić information content (AvgIpc) is 2.88. The number of carbonyl (C=O) groups excluding carboxylic acids is 1. The first-order valence-electron chi connectivity index (χ1n) is 14.3. The van der Waals surface area contributed by atoms with Crippen molar-refractivity contribution in [2.45, 2.75) is 96.1 Å². The van der Waals surface area contributed by atoms with Crippen LogP contribution in [0.4, 0.5) is 4.79 Å². The summed E-state index contributed by atoms with van der Waals surface area (Å²) in [6.45, 7) is 6.39. The van der Waals surface area contributed by atoms with Gasteiger partial charge in [-0.15, -0.1) is 0 Å². The van der Waals surface area contributed by atoms with E-state index in [1.54, 1.807) is 7.11 Å². The molecule has 204 valence electrons. The quantitative estimate of drug-likeness (QED) is 0.340. The Bertz CT molecular complexity index is 826. The van der Waals surface area contributed by atoms with Gasteiger partial charge in [0.05, 0.1) is 5.60 Å². The summed E-state index contributed by atoms with van der Waals surface area (Å²) in [6.07, 6.45) is 11.8. The molecule has 4 atom stereocenters. The molecule has 0 radical (unpaired) electrons. The molecule has 6 nitrogen and oxygen atoms in total. The molecule has 6 heteroatoms. The van der Waals surface area contributed by atoms with Crippen molar-refractivity contribution >= 4 is 6.03 Å². The summed E-state index contributed by atoms with van der Waals surface area (Å²) >= 11 is 0. The van der Waals surface area contributed by atoms with E-state index in [1.165, 1.54) is 32.1 Å². The van der Waals surface area contributed by atoms with Gasteiger partial charge < -0.3 is 25.8 Å². The van der Waals surface area contributed by atoms with Crippen molar-refractivity contribution in [3.8, 4) is 0 Å². The first kappa shape index (κ1) is 28.9. The highest BCUT2D eigenvalue weighted by Gasteiger charge is 2.50. The number of primary amides is 1. The van der Waals surface area contributed by atoms with E-state index in [0.717, 1.165) is 55.3 Å². The van der Waals surface area contributed by atoms with Gasteiger partial charge in [-0.3, -0.25) is 0 Å². The fourth-order valence-electron chi connectivity index (χ4n) is 7.20. The summed E-state index contributed by atoms with van der Waals surface area (Å²) in [4.78, 5) is 14.7. The lowest BCUT2D eigenvalue weighted by Gasteiger charge is -2.52. The van der Waals surface area contributed by atoms with Crippen molar-refractivity contribution in [3.05, 3.63) is 34.9 Å². The van der Waals surface area contributed by atoms with Crippen LogP contribution in [-0.4, -0.2) is 55.9 Å². The number of benzene rings is 1. The van der Waals surface area contributed by atoms with E-state index in [-0.39, 0.29) is 23.9 Å². The third kappa shape index (κ3) is 7.02. The van der Waals surface area contributed by atoms with Crippen LogP contribution < -0.4 is 11.1 Å². The molecule has 0 spiro atoms. The van der Waals surface area contributed by atoms with Crippen LogP contribution in [0.15, 0.2) is 18.2 Å². The van der Waals surface area contributed by atoms with Gasteiger partial charge in [0, 0.05) is 32.2 Å². The van der Waals surface area contributed by atoms with Gasteiger partial charge in [-0.2, -0.15) is 0 Å². The normalized spacial score (nSPS) is 23.9. The Balaban J connectivity index is 2.04. The van der Waals surface area contributed by atoms with Gasteiger partial charge in [0.2, 0.25) is 0 Å². The number of nitrogens with one attached hydrogen (secondary N) is 1. The van der Waals surface area contributed by atoms with E-state index in [2.05, 4.69) is 37.4 Å². The molecular formula is C30H51N3O3. The number of aliphatic hydroxyl groups is 1. The minimum Gasteiger partial charge on any atom is -0.385 e. The van der Waals surface area contributed by atoms with Crippen LogP contribution in [0.25, 0.3) is 0 Å². The molecule has 36 heavy (non-hydrogen) atoms. The Morgan fingerprint density at radius 3 is 2.61 bits per heavy atom. The zero-order chi connectivity index (χ0) is 26.1. The number of nitrogens with zero attached hydrogens (tertiary/aromatic N) is 1. The first-order chi connectivity index (χ1) is 17.3. The van der Waals surface area contributed by atoms with Crippen molar-refractivity contribution in [2.24, 2.45) is 23.5 Å². The van der Waals surface area contributed by atoms with Crippen molar-refractivity contribution in [2.75, 3.05) is 33.9 Å². The second kappa shape index (κ2) is 13.8. The van der Waals surface area contributed by atoms with E-state index in [4.69, 9.17) is 10.5 Å². The van der Waals surface area contributed by atoms with Crippen molar-refractivity contribution in [1.82, 2.24) is 10.2 Å². The van der Waals surface area contributed by atoms with Gasteiger partial charge in [-0.25, -0.2) is 4.79 Å². The van der Waals surface area contributed by atoms with E-state index in [0.29, 0.717) is 25.5 Å². The standard InChI is InChI=1S/C30H51N3O3/c1-22-14-15-23(2)27(19-22)30(35,16-8-9-18-36-4)26-13-10-17-33(29(31)34)28(26)25(21-32-3)20-24-11-6-5-7-12-24/h14-15,19,24-26,28,32,35H,5-13,16-18,20-21H2,1-4H3,(H2,31,34)/t25-,26?,28?,30-/m0/s1. The third-order valence-corrected chi connectivity index (χ3v) is 8.91. The van der Waals surface area contributed by atoms with Gasteiger partial charge in [0.15, 0.2) is 0 Å². The summed E-state index contributed by atoms with van der Waals surface area (Å²) < 4.78 is 5.32. The maximum atomic E-state index is 12.8. The molecule has 2 fully saturated rings. The lowest BCUT2D eigenvalue weighted by atomic mass is 9.65. The number of nitrogens with two attached hydrogens (primary N) is 1. The van der Waals surface area contributed by atoms with E-state index in [9.17, 15) is 9.90 Å². The van der Waals surface area contributed by atoms with Crippen LogP contribution in [-0.2, 0) is 10.3 Å². The highest BCUT2D eigenvalue weighted by molar-refractivity contribution is 5.72. The van der Waals surface area contributed by atoms with E-state index < -0.39 is 5.60 Å². The predicted octanol–water partition coefficient (Wildman–Crippen LogP) is 5.27. The zero-order valence-corrected chi connectivity index (χ0v) is 23.2. The van der Waals surface area contributed by atoms with Crippen LogP contribution in [0.3, 0.4) is 0 Å². The molecule has 2 unspecified atom stereocenters. The number of ether oxygens (including phenoxy) is 1.